The van der Waals surface area contributed by atoms with Crippen LogP contribution in [0, 0.1) is 0 Å². The Balaban J connectivity index is 2.64. The molecule has 1 N–H and O–H groups in total. The Morgan fingerprint density at radius 1 is 1.36 bits per heavy atom. The van der Waals surface area contributed by atoms with Gasteiger partial charge in [-0.15, -0.1) is 0 Å². The zero-order chi connectivity index (χ0) is 10.6. The molecule has 0 bridgehead atoms. The van der Waals surface area contributed by atoms with Gasteiger partial charge in [-0.2, -0.15) is 0 Å². The summed E-state index contributed by atoms with van der Waals surface area (Å²) in [5, 5.41) is 3.30. The van der Waals surface area contributed by atoms with Crippen molar-refractivity contribution in [2.75, 3.05) is 5.32 Å². The molecule has 0 saturated heterocycles. The van der Waals surface area contributed by atoms with Crippen LogP contribution in [0.5, 0.6) is 0 Å². The van der Waals surface area contributed by atoms with Gasteiger partial charge in [0.1, 0.15) is 0 Å². The highest BCUT2D eigenvalue weighted by atomic mass is 79.9. The minimum atomic E-state index is 0.0581. The molecule has 0 saturated carbocycles. The molecular weight excluding hydrogens is 242 g/mol. The lowest BCUT2D eigenvalue weighted by Crippen LogP contribution is -2.31. The van der Waals surface area contributed by atoms with Gasteiger partial charge < -0.3 is 5.32 Å². The number of nitrogens with zero attached hydrogens (tertiary/aromatic N) is 2. The highest BCUT2D eigenvalue weighted by Gasteiger charge is 2.16. The van der Waals surface area contributed by atoms with E-state index in [2.05, 4.69) is 52.0 Å². The zero-order valence-corrected chi connectivity index (χ0v) is 10.4. The molecule has 0 atom stereocenters. The van der Waals surface area contributed by atoms with Crippen molar-refractivity contribution in [3.8, 4) is 0 Å². The molecule has 3 nitrogen and oxygen atoms in total. The average Bonchev–Trinajstić information content (AvgIpc) is 2.08. The first-order valence-electron chi connectivity index (χ1n) is 4.79. The van der Waals surface area contributed by atoms with E-state index in [1.54, 1.807) is 12.4 Å². The molecule has 0 radical (unpaired) electrons. The third kappa shape index (κ3) is 3.62. The van der Waals surface area contributed by atoms with E-state index in [-0.39, 0.29) is 5.54 Å². The van der Waals surface area contributed by atoms with Gasteiger partial charge in [0.05, 0.1) is 4.47 Å². The van der Waals surface area contributed by atoms with Crippen molar-refractivity contribution >= 4 is 21.9 Å². The average molecular weight is 258 g/mol. The Morgan fingerprint density at radius 2 is 1.93 bits per heavy atom. The smallest absolute Gasteiger partial charge is 0.223 e. The lowest BCUT2D eigenvalue weighted by atomic mass is 9.99. The van der Waals surface area contributed by atoms with Gasteiger partial charge in [-0.25, -0.2) is 9.97 Å². The number of rotatable bonds is 4. The molecule has 0 spiro atoms. The van der Waals surface area contributed by atoms with Crippen molar-refractivity contribution in [1.82, 2.24) is 9.97 Å². The van der Waals surface area contributed by atoms with Crippen LogP contribution in [0.25, 0.3) is 0 Å². The Hall–Kier alpha value is -0.640. The van der Waals surface area contributed by atoms with Crippen LogP contribution < -0.4 is 5.32 Å². The summed E-state index contributed by atoms with van der Waals surface area (Å²) in [5.41, 5.74) is 0.0581. The largest absolute Gasteiger partial charge is 0.349 e. The van der Waals surface area contributed by atoms with Crippen LogP contribution in [0.4, 0.5) is 5.95 Å². The second kappa shape index (κ2) is 4.73. The lowest BCUT2D eigenvalue weighted by Gasteiger charge is -2.25. The quantitative estimate of drug-likeness (QED) is 0.900. The number of aromatic nitrogens is 2. The molecule has 0 aromatic carbocycles. The molecule has 4 heteroatoms. The SMILES string of the molecule is CCCC(C)(C)Nc1ncc(Br)cn1. The second-order valence-electron chi connectivity index (χ2n) is 3.98. The summed E-state index contributed by atoms with van der Waals surface area (Å²) in [5.74, 6) is 0.687. The van der Waals surface area contributed by atoms with Crippen molar-refractivity contribution in [3.05, 3.63) is 16.9 Å². The maximum atomic E-state index is 4.18. The number of anilines is 1. The van der Waals surface area contributed by atoms with E-state index in [1.807, 2.05) is 0 Å². The molecule has 1 aromatic rings. The highest BCUT2D eigenvalue weighted by molar-refractivity contribution is 9.10. The minimum absolute atomic E-state index is 0.0581. The summed E-state index contributed by atoms with van der Waals surface area (Å²) in [7, 11) is 0. The van der Waals surface area contributed by atoms with E-state index < -0.39 is 0 Å². The van der Waals surface area contributed by atoms with Crippen LogP contribution in [-0.4, -0.2) is 15.5 Å². The normalized spacial score (nSPS) is 11.4. The maximum Gasteiger partial charge on any atom is 0.223 e. The van der Waals surface area contributed by atoms with E-state index in [4.69, 9.17) is 0 Å². The van der Waals surface area contributed by atoms with Crippen molar-refractivity contribution in [3.63, 3.8) is 0 Å². The molecule has 1 aromatic heterocycles. The fourth-order valence-corrected chi connectivity index (χ4v) is 1.57. The van der Waals surface area contributed by atoms with Crippen LogP contribution >= 0.6 is 15.9 Å². The van der Waals surface area contributed by atoms with Gasteiger partial charge in [-0.1, -0.05) is 13.3 Å². The van der Waals surface area contributed by atoms with Crippen LogP contribution in [0.1, 0.15) is 33.6 Å². The van der Waals surface area contributed by atoms with Crippen molar-refractivity contribution in [1.29, 1.82) is 0 Å². The number of hydrogen-bond acceptors (Lipinski definition) is 3. The first-order valence-corrected chi connectivity index (χ1v) is 5.58. The van der Waals surface area contributed by atoms with Crippen LogP contribution in [0.3, 0.4) is 0 Å². The first kappa shape index (κ1) is 11.4. The Bertz CT molecular complexity index is 282. The third-order valence-corrected chi connectivity index (χ3v) is 2.36. The first-order chi connectivity index (χ1) is 6.53. The van der Waals surface area contributed by atoms with E-state index in [0.29, 0.717) is 5.95 Å². The fraction of sp³-hybridized carbons (Fsp3) is 0.600. The minimum Gasteiger partial charge on any atom is -0.349 e. The van der Waals surface area contributed by atoms with Gasteiger partial charge in [0.15, 0.2) is 0 Å². The topological polar surface area (TPSA) is 37.8 Å². The van der Waals surface area contributed by atoms with E-state index in [0.717, 1.165) is 17.3 Å². The standard InChI is InChI=1S/C10H16BrN3/c1-4-5-10(2,3)14-9-12-6-8(11)7-13-9/h6-7H,4-5H2,1-3H3,(H,12,13,14). The number of nitrogens with one attached hydrogen (secondary N) is 1. The fourth-order valence-electron chi connectivity index (χ4n) is 1.37. The predicted molar refractivity (Wildman–Crippen MR) is 62.3 cm³/mol. The number of halogens is 1. The summed E-state index contributed by atoms with van der Waals surface area (Å²) in [6.45, 7) is 6.48. The Kier molecular flexibility index (Phi) is 3.86. The molecule has 0 aliphatic rings. The van der Waals surface area contributed by atoms with E-state index >= 15 is 0 Å². The molecule has 0 aliphatic heterocycles. The van der Waals surface area contributed by atoms with Crippen LogP contribution in [0.2, 0.25) is 0 Å². The van der Waals surface area contributed by atoms with Crippen molar-refractivity contribution in [2.24, 2.45) is 0 Å². The third-order valence-electron chi connectivity index (χ3n) is 1.95. The van der Waals surface area contributed by atoms with Gasteiger partial charge >= 0.3 is 0 Å². The highest BCUT2D eigenvalue weighted by Crippen LogP contribution is 2.17. The molecule has 0 fully saturated rings. The predicted octanol–water partition coefficient (Wildman–Crippen LogP) is 3.23. The number of hydrogen-bond donors (Lipinski definition) is 1. The summed E-state index contributed by atoms with van der Waals surface area (Å²) < 4.78 is 0.899. The van der Waals surface area contributed by atoms with Gasteiger partial charge in [-0.3, -0.25) is 0 Å². The summed E-state index contributed by atoms with van der Waals surface area (Å²) >= 11 is 3.30. The van der Waals surface area contributed by atoms with Crippen LogP contribution in [0.15, 0.2) is 16.9 Å². The van der Waals surface area contributed by atoms with Crippen LogP contribution in [-0.2, 0) is 0 Å². The van der Waals surface area contributed by atoms with Gasteiger partial charge in [0.25, 0.3) is 0 Å². The summed E-state index contributed by atoms with van der Waals surface area (Å²) in [6.07, 6.45) is 5.75. The maximum absolute atomic E-state index is 4.18. The molecule has 1 rings (SSSR count). The van der Waals surface area contributed by atoms with Crippen molar-refractivity contribution < 1.29 is 0 Å². The molecule has 1 heterocycles. The zero-order valence-electron chi connectivity index (χ0n) is 8.84. The summed E-state index contributed by atoms with van der Waals surface area (Å²) in [6, 6.07) is 0. The monoisotopic (exact) mass is 257 g/mol. The van der Waals surface area contributed by atoms with Gasteiger partial charge in [0.2, 0.25) is 5.95 Å². The van der Waals surface area contributed by atoms with E-state index in [1.165, 1.54) is 0 Å². The summed E-state index contributed by atoms with van der Waals surface area (Å²) in [4.78, 5) is 8.35. The molecule has 14 heavy (non-hydrogen) atoms. The van der Waals surface area contributed by atoms with Gasteiger partial charge in [-0.05, 0) is 36.2 Å². The Morgan fingerprint density at radius 3 is 2.43 bits per heavy atom. The molecule has 0 unspecified atom stereocenters. The molecular formula is C10H16BrN3. The molecule has 0 aliphatic carbocycles. The molecule has 0 amide bonds. The van der Waals surface area contributed by atoms with E-state index in [9.17, 15) is 0 Å². The van der Waals surface area contributed by atoms with Gasteiger partial charge in [0, 0.05) is 17.9 Å². The molecule has 78 valence electrons. The van der Waals surface area contributed by atoms with Crippen molar-refractivity contribution in [2.45, 2.75) is 39.2 Å². The Labute approximate surface area is 93.5 Å². The second-order valence-corrected chi connectivity index (χ2v) is 4.90. The lowest BCUT2D eigenvalue weighted by molar-refractivity contribution is 0.506.